The number of hydrogen-bond donors (Lipinski definition) is 2. The third-order valence-electron chi connectivity index (χ3n) is 5.45. The summed E-state index contributed by atoms with van der Waals surface area (Å²) in [5, 5.41) is 8.42. The molecule has 0 amide bonds. The van der Waals surface area contributed by atoms with Gasteiger partial charge in [0.25, 0.3) is 0 Å². The summed E-state index contributed by atoms with van der Waals surface area (Å²) in [5.41, 5.74) is 12.1. The summed E-state index contributed by atoms with van der Waals surface area (Å²) in [5.74, 6) is 1.96. The molecule has 0 saturated carbocycles. The van der Waals surface area contributed by atoms with E-state index in [1.807, 2.05) is 32.2 Å². The minimum atomic E-state index is -1.31. The van der Waals surface area contributed by atoms with Crippen molar-refractivity contribution in [3.63, 3.8) is 0 Å². The standard InChI is InChI=1S/C24H34FN7O3/c1-23(2,25)14-24(3,4)32-13-17(30-31-32)7-8-35-20-18(33-5)10-15(11-19(20)34-6)9-16-12-28-22(27)29-21(16)26/h10-13H,7-9,14H2,1-6H3,(H4,26,27,28,29). The molecule has 3 aromatic rings. The highest BCUT2D eigenvalue weighted by atomic mass is 19.1. The summed E-state index contributed by atoms with van der Waals surface area (Å²) >= 11 is 0. The first-order chi connectivity index (χ1) is 16.4. The molecule has 1 aromatic carbocycles. The minimum absolute atomic E-state index is 0.125. The lowest BCUT2D eigenvalue weighted by molar-refractivity contribution is 0.123. The third kappa shape index (κ3) is 6.71. The lowest BCUT2D eigenvalue weighted by atomic mass is 9.91. The Bertz CT molecular complexity index is 1130. The monoisotopic (exact) mass is 487 g/mol. The number of benzene rings is 1. The van der Waals surface area contributed by atoms with Crippen LogP contribution < -0.4 is 25.7 Å². The lowest BCUT2D eigenvalue weighted by Gasteiger charge is -2.29. The van der Waals surface area contributed by atoms with Gasteiger partial charge in [0.05, 0.1) is 32.1 Å². The molecule has 0 fully saturated rings. The number of nitrogens with zero attached hydrogens (tertiary/aromatic N) is 5. The van der Waals surface area contributed by atoms with Crippen molar-refractivity contribution in [1.29, 1.82) is 0 Å². The van der Waals surface area contributed by atoms with Crippen molar-refractivity contribution in [1.82, 2.24) is 25.0 Å². The highest BCUT2D eigenvalue weighted by molar-refractivity contribution is 5.55. The highest BCUT2D eigenvalue weighted by Crippen LogP contribution is 2.39. The van der Waals surface area contributed by atoms with E-state index in [0.29, 0.717) is 48.9 Å². The summed E-state index contributed by atoms with van der Waals surface area (Å²) in [6, 6.07) is 3.70. The van der Waals surface area contributed by atoms with Gasteiger partial charge in [0.2, 0.25) is 11.7 Å². The fourth-order valence-corrected chi connectivity index (χ4v) is 4.05. The second-order valence-electron chi connectivity index (χ2n) is 9.61. The summed E-state index contributed by atoms with van der Waals surface area (Å²) < 4.78 is 33.0. The normalized spacial score (nSPS) is 12.0. The molecule has 0 radical (unpaired) electrons. The predicted molar refractivity (Wildman–Crippen MR) is 132 cm³/mol. The zero-order valence-electron chi connectivity index (χ0n) is 21.1. The van der Waals surface area contributed by atoms with Crippen molar-refractivity contribution in [2.45, 2.75) is 58.2 Å². The van der Waals surface area contributed by atoms with Gasteiger partial charge in [-0.2, -0.15) is 4.98 Å². The Labute approximate surface area is 204 Å². The van der Waals surface area contributed by atoms with Gasteiger partial charge in [-0.1, -0.05) is 5.21 Å². The number of anilines is 2. The van der Waals surface area contributed by atoms with Gasteiger partial charge in [0.15, 0.2) is 11.5 Å². The molecule has 2 aromatic heterocycles. The summed E-state index contributed by atoms with van der Waals surface area (Å²) in [6.45, 7) is 7.31. The number of aromatic nitrogens is 5. The maximum Gasteiger partial charge on any atom is 0.221 e. The molecule has 0 saturated heterocycles. The molecule has 0 bridgehead atoms. The molecule has 190 valence electrons. The van der Waals surface area contributed by atoms with Crippen molar-refractivity contribution >= 4 is 11.8 Å². The molecule has 10 nitrogen and oxygen atoms in total. The zero-order chi connectivity index (χ0) is 25.8. The van der Waals surface area contributed by atoms with Crippen LogP contribution in [-0.4, -0.2) is 51.5 Å². The predicted octanol–water partition coefficient (Wildman–Crippen LogP) is 3.34. The number of alkyl halides is 1. The van der Waals surface area contributed by atoms with Crippen LogP contribution in [0.1, 0.15) is 50.9 Å². The number of nitrogens with two attached hydrogens (primary N) is 2. The Morgan fingerprint density at radius 2 is 1.71 bits per heavy atom. The average molecular weight is 488 g/mol. The van der Waals surface area contributed by atoms with Crippen LogP contribution >= 0.6 is 0 Å². The van der Waals surface area contributed by atoms with Gasteiger partial charge in [0.1, 0.15) is 11.5 Å². The van der Waals surface area contributed by atoms with E-state index in [1.54, 1.807) is 38.9 Å². The lowest BCUT2D eigenvalue weighted by Crippen LogP contribution is -2.34. The Morgan fingerprint density at radius 3 is 2.29 bits per heavy atom. The largest absolute Gasteiger partial charge is 0.493 e. The van der Waals surface area contributed by atoms with Crippen molar-refractivity contribution in [3.8, 4) is 17.2 Å². The van der Waals surface area contributed by atoms with Crippen LogP contribution in [-0.2, 0) is 18.4 Å². The quantitative estimate of drug-likeness (QED) is 0.417. The van der Waals surface area contributed by atoms with E-state index in [4.69, 9.17) is 25.7 Å². The van der Waals surface area contributed by atoms with Gasteiger partial charge in [0, 0.05) is 37.2 Å². The van der Waals surface area contributed by atoms with E-state index in [9.17, 15) is 4.39 Å². The smallest absolute Gasteiger partial charge is 0.221 e. The number of nitrogen functional groups attached to an aromatic ring is 2. The molecule has 35 heavy (non-hydrogen) atoms. The van der Waals surface area contributed by atoms with Crippen LogP contribution in [0, 0.1) is 0 Å². The molecule has 0 aliphatic rings. The minimum Gasteiger partial charge on any atom is -0.493 e. The molecule has 2 heterocycles. The van der Waals surface area contributed by atoms with Crippen LogP contribution in [0.25, 0.3) is 0 Å². The van der Waals surface area contributed by atoms with Gasteiger partial charge in [-0.25, -0.2) is 14.1 Å². The van der Waals surface area contributed by atoms with Gasteiger partial charge < -0.3 is 25.7 Å². The van der Waals surface area contributed by atoms with Crippen LogP contribution in [0.2, 0.25) is 0 Å². The van der Waals surface area contributed by atoms with Gasteiger partial charge in [-0.3, -0.25) is 0 Å². The zero-order valence-corrected chi connectivity index (χ0v) is 21.1. The van der Waals surface area contributed by atoms with Gasteiger partial charge >= 0.3 is 0 Å². The molecule has 11 heteroatoms. The van der Waals surface area contributed by atoms with Crippen LogP contribution in [0.3, 0.4) is 0 Å². The van der Waals surface area contributed by atoms with Gasteiger partial charge in [-0.05, 0) is 45.4 Å². The highest BCUT2D eigenvalue weighted by Gasteiger charge is 2.31. The molecule has 0 aliphatic heterocycles. The topological polar surface area (TPSA) is 136 Å². The third-order valence-corrected chi connectivity index (χ3v) is 5.45. The van der Waals surface area contributed by atoms with E-state index in [1.165, 1.54) is 0 Å². The number of hydrogen-bond acceptors (Lipinski definition) is 9. The van der Waals surface area contributed by atoms with Gasteiger partial charge in [-0.15, -0.1) is 5.10 Å². The van der Waals surface area contributed by atoms with Crippen LogP contribution in [0.15, 0.2) is 24.5 Å². The summed E-state index contributed by atoms with van der Waals surface area (Å²) in [6.07, 6.45) is 4.71. The molecule has 0 spiro atoms. The van der Waals surface area contributed by atoms with Crippen molar-refractivity contribution in [2.75, 3.05) is 32.3 Å². The molecular formula is C24H34FN7O3. The maximum absolute atomic E-state index is 14.2. The first-order valence-corrected chi connectivity index (χ1v) is 11.3. The Morgan fingerprint density at radius 1 is 1.06 bits per heavy atom. The van der Waals surface area contributed by atoms with Crippen molar-refractivity contribution in [2.24, 2.45) is 0 Å². The fraction of sp³-hybridized carbons (Fsp3) is 0.500. The number of methoxy groups -OCH3 is 2. The van der Waals surface area contributed by atoms with Crippen molar-refractivity contribution in [3.05, 3.63) is 41.3 Å². The maximum atomic E-state index is 14.2. The van der Waals surface area contributed by atoms with Crippen LogP contribution in [0.4, 0.5) is 16.2 Å². The first kappa shape index (κ1) is 26.0. The molecule has 4 N–H and O–H groups in total. The molecule has 0 unspecified atom stereocenters. The average Bonchev–Trinajstić information content (AvgIpc) is 3.24. The van der Waals surface area contributed by atoms with Crippen LogP contribution in [0.5, 0.6) is 17.2 Å². The molecule has 0 aliphatic carbocycles. The fourth-order valence-electron chi connectivity index (χ4n) is 4.05. The van der Waals surface area contributed by atoms with E-state index < -0.39 is 11.2 Å². The Kier molecular flexibility index (Phi) is 7.67. The summed E-state index contributed by atoms with van der Waals surface area (Å²) in [4.78, 5) is 8.01. The number of halogens is 1. The number of rotatable bonds is 11. The number of ether oxygens (including phenoxy) is 3. The Hall–Kier alpha value is -3.63. The Balaban J connectivity index is 1.71. The second kappa shape index (κ2) is 10.3. The van der Waals surface area contributed by atoms with Crippen molar-refractivity contribution < 1.29 is 18.6 Å². The first-order valence-electron chi connectivity index (χ1n) is 11.3. The van der Waals surface area contributed by atoms with E-state index >= 15 is 0 Å². The molecule has 0 atom stereocenters. The SMILES string of the molecule is COc1cc(Cc2cnc(N)nc2N)cc(OC)c1OCCc1cn(C(C)(C)CC(C)(C)F)nn1. The van der Waals surface area contributed by atoms with E-state index in [-0.39, 0.29) is 5.95 Å². The van der Waals surface area contributed by atoms with E-state index in [2.05, 4.69) is 20.3 Å². The second-order valence-corrected chi connectivity index (χ2v) is 9.61. The molecule has 3 rings (SSSR count). The summed E-state index contributed by atoms with van der Waals surface area (Å²) in [7, 11) is 3.12. The molecular weight excluding hydrogens is 453 g/mol. The van der Waals surface area contributed by atoms with E-state index in [0.717, 1.165) is 16.8 Å².